The van der Waals surface area contributed by atoms with E-state index in [1.165, 1.54) is 7.11 Å². The fourth-order valence-corrected chi connectivity index (χ4v) is 1.81. The Morgan fingerprint density at radius 3 is 2.81 bits per heavy atom. The Balaban J connectivity index is 2.77. The number of hydrogen-bond donors (Lipinski definition) is 1. The van der Waals surface area contributed by atoms with E-state index in [1.807, 2.05) is 0 Å². The number of halogens is 1. The van der Waals surface area contributed by atoms with Gasteiger partial charge < -0.3 is 15.0 Å². The first-order chi connectivity index (χ1) is 7.54. The molecule has 0 saturated heterocycles. The van der Waals surface area contributed by atoms with Gasteiger partial charge in [0.25, 0.3) is 5.91 Å². The molecule has 0 saturated carbocycles. The van der Waals surface area contributed by atoms with Gasteiger partial charge >= 0.3 is 0 Å². The third kappa shape index (κ3) is 1.49. The van der Waals surface area contributed by atoms with E-state index in [-0.39, 0.29) is 0 Å². The predicted octanol–water partition coefficient (Wildman–Crippen LogP) is 1.33. The second-order valence-corrected chi connectivity index (χ2v) is 3.74. The van der Waals surface area contributed by atoms with Gasteiger partial charge in [-0.2, -0.15) is 0 Å². The van der Waals surface area contributed by atoms with Gasteiger partial charge in [-0.3, -0.25) is 4.79 Å². The Bertz CT molecular complexity index is 577. The molecule has 16 heavy (non-hydrogen) atoms. The van der Waals surface area contributed by atoms with Crippen molar-refractivity contribution in [2.75, 3.05) is 7.11 Å². The molecule has 0 fully saturated rings. The number of hydrogen-bond acceptors (Lipinski definition) is 3. The molecule has 5 nitrogen and oxygen atoms in total. The van der Waals surface area contributed by atoms with Crippen LogP contribution >= 0.6 is 11.6 Å². The topological polar surface area (TPSA) is 70.1 Å². The fraction of sp³-hybridized carbons (Fsp3) is 0.200. The van der Waals surface area contributed by atoms with Crippen LogP contribution in [0.3, 0.4) is 0 Å². The summed E-state index contributed by atoms with van der Waals surface area (Å²) >= 11 is 5.95. The smallest absolute Gasteiger partial charge is 0.265 e. The van der Waals surface area contributed by atoms with Gasteiger partial charge in [0.05, 0.1) is 18.1 Å². The number of amides is 1. The maximum absolute atomic E-state index is 11.1. The van der Waals surface area contributed by atoms with Crippen molar-refractivity contribution < 1.29 is 9.53 Å². The van der Waals surface area contributed by atoms with Crippen LogP contribution in [0, 0.1) is 0 Å². The fourth-order valence-electron chi connectivity index (χ4n) is 1.59. The van der Waals surface area contributed by atoms with E-state index < -0.39 is 5.91 Å². The van der Waals surface area contributed by atoms with Crippen LogP contribution in [0.25, 0.3) is 11.0 Å². The third-order valence-electron chi connectivity index (χ3n) is 2.39. The van der Waals surface area contributed by atoms with E-state index in [1.54, 1.807) is 23.7 Å². The summed E-state index contributed by atoms with van der Waals surface area (Å²) in [4.78, 5) is 15.3. The lowest BCUT2D eigenvalue weighted by molar-refractivity contribution is 0.0993. The molecule has 2 aromatic heterocycles. The van der Waals surface area contributed by atoms with Gasteiger partial charge in [-0.25, -0.2) is 4.98 Å². The number of fused-ring (bicyclic) bond motifs is 1. The second kappa shape index (κ2) is 3.68. The molecule has 0 aliphatic carbocycles. The van der Waals surface area contributed by atoms with Crippen molar-refractivity contribution >= 4 is 28.5 Å². The molecule has 0 atom stereocenters. The summed E-state index contributed by atoms with van der Waals surface area (Å²) < 4.78 is 6.64. The number of nitrogens with zero attached hydrogens (tertiary/aromatic N) is 2. The van der Waals surface area contributed by atoms with Crippen molar-refractivity contribution in [3.05, 3.63) is 22.8 Å². The van der Waals surface area contributed by atoms with Crippen LogP contribution in [-0.4, -0.2) is 22.6 Å². The minimum Gasteiger partial charge on any atom is -0.480 e. The number of primary amides is 1. The largest absolute Gasteiger partial charge is 0.480 e. The van der Waals surface area contributed by atoms with Gasteiger partial charge in [0.1, 0.15) is 10.7 Å². The first kappa shape index (κ1) is 10.8. The van der Waals surface area contributed by atoms with Gasteiger partial charge in [-0.1, -0.05) is 11.6 Å². The van der Waals surface area contributed by atoms with Gasteiger partial charge in [0.15, 0.2) is 0 Å². The SMILES string of the molecule is COc1nc2cc(C(N)=O)n(C)c2cc1Cl. The molecule has 0 aliphatic heterocycles. The molecule has 2 N–H and O–H groups in total. The predicted molar refractivity (Wildman–Crippen MR) is 60.8 cm³/mol. The molecule has 0 spiro atoms. The summed E-state index contributed by atoms with van der Waals surface area (Å²) in [5, 5.41) is 0.396. The Labute approximate surface area is 96.8 Å². The highest BCUT2D eigenvalue weighted by Crippen LogP contribution is 2.27. The van der Waals surface area contributed by atoms with Gasteiger partial charge in [-0.05, 0) is 12.1 Å². The summed E-state index contributed by atoms with van der Waals surface area (Å²) in [6.45, 7) is 0. The van der Waals surface area contributed by atoms with Crippen molar-refractivity contribution in [2.45, 2.75) is 0 Å². The molecule has 0 unspecified atom stereocenters. The molecule has 1 amide bonds. The summed E-state index contributed by atoms with van der Waals surface area (Å²) in [7, 11) is 3.21. The number of nitrogens with two attached hydrogens (primary N) is 1. The monoisotopic (exact) mass is 239 g/mol. The van der Waals surface area contributed by atoms with Crippen LogP contribution in [0.4, 0.5) is 0 Å². The average Bonchev–Trinajstić information content (AvgIpc) is 2.55. The minimum absolute atomic E-state index is 0.329. The van der Waals surface area contributed by atoms with Gasteiger partial charge in [-0.15, -0.1) is 0 Å². The standard InChI is InChI=1S/C10H10ClN3O2/c1-14-7-3-5(11)10(16-2)13-6(7)4-8(14)9(12)15/h3-4H,1-2H3,(H2,12,15). The number of aryl methyl sites for hydroxylation is 1. The molecule has 6 heteroatoms. The first-order valence-electron chi connectivity index (χ1n) is 4.54. The number of ether oxygens (including phenoxy) is 1. The molecule has 2 aromatic rings. The van der Waals surface area contributed by atoms with Crippen LogP contribution < -0.4 is 10.5 Å². The summed E-state index contributed by atoms with van der Waals surface area (Å²) in [5.74, 6) is -0.175. The number of rotatable bonds is 2. The third-order valence-corrected chi connectivity index (χ3v) is 2.66. The van der Waals surface area contributed by atoms with Crippen LogP contribution in [0.2, 0.25) is 5.02 Å². The highest BCUT2D eigenvalue weighted by Gasteiger charge is 2.14. The lowest BCUT2D eigenvalue weighted by Gasteiger charge is -2.03. The molecule has 2 heterocycles. The summed E-state index contributed by atoms with van der Waals surface area (Å²) in [5.41, 5.74) is 6.98. The Kier molecular flexibility index (Phi) is 2.47. The maximum Gasteiger partial charge on any atom is 0.265 e. The molecular weight excluding hydrogens is 230 g/mol. The first-order valence-corrected chi connectivity index (χ1v) is 4.92. The number of aromatic nitrogens is 2. The van der Waals surface area contributed by atoms with Crippen molar-refractivity contribution in [1.82, 2.24) is 9.55 Å². The molecule has 2 rings (SSSR count). The number of pyridine rings is 1. The van der Waals surface area contributed by atoms with E-state index in [9.17, 15) is 4.79 Å². The number of carbonyl (C=O) groups excluding carboxylic acids is 1. The zero-order valence-electron chi connectivity index (χ0n) is 8.82. The van der Waals surface area contributed by atoms with E-state index in [2.05, 4.69) is 4.98 Å². The molecule has 0 radical (unpaired) electrons. The normalized spacial score (nSPS) is 10.7. The van der Waals surface area contributed by atoms with E-state index >= 15 is 0 Å². The number of carbonyl (C=O) groups is 1. The Hall–Kier alpha value is -1.75. The lowest BCUT2D eigenvalue weighted by atomic mass is 10.3. The second-order valence-electron chi connectivity index (χ2n) is 3.34. The van der Waals surface area contributed by atoms with Crippen molar-refractivity contribution in [3.63, 3.8) is 0 Å². The van der Waals surface area contributed by atoms with Crippen molar-refractivity contribution in [1.29, 1.82) is 0 Å². The minimum atomic E-state index is -0.504. The molecule has 0 aliphatic rings. The van der Waals surface area contributed by atoms with Crippen LogP contribution in [0.1, 0.15) is 10.5 Å². The average molecular weight is 240 g/mol. The molecule has 0 bridgehead atoms. The zero-order valence-corrected chi connectivity index (χ0v) is 9.58. The highest BCUT2D eigenvalue weighted by atomic mass is 35.5. The van der Waals surface area contributed by atoms with Crippen LogP contribution in [0.5, 0.6) is 5.88 Å². The summed E-state index contributed by atoms with van der Waals surface area (Å²) in [6.07, 6.45) is 0. The number of methoxy groups -OCH3 is 1. The van der Waals surface area contributed by atoms with Crippen LogP contribution in [-0.2, 0) is 7.05 Å². The van der Waals surface area contributed by atoms with E-state index in [0.717, 1.165) is 5.52 Å². The Morgan fingerprint density at radius 1 is 1.56 bits per heavy atom. The van der Waals surface area contributed by atoms with E-state index in [0.29, 0.717) is 22.1 Å². The Morgan fingerprint density at radius 2 is 2.25 bits per heavy atom. The zero-order chi connectivity index (χ0) is 11.9. The maximum atomic E-state index is 11.1. The molecule has 84 valence electrons. The summed E-state index contributed by atoms with van der Waals surface area (Å²) in [6, 6.07) is 3.30. The highest BCUT2D eigenvalue weighted by molar-refractivity contribution is 6.32. The van der Waals surface area contributed by atoms with Gasteiger partial charge in [0.2, 0.25) is 5.88 Å². The molecular formula is C10H10ClN3O2. The van der Waals surface area contributed by atoms with E-state index in [4.69, 9.17) is 22.1 Å². The molecule has 0 aromatic carbocycles. The van der Waals surface area contributed by atoms with Crippen molar-refractivity contribution in [3.8, 4) is 5.88 Å². The lowest BCUT2D eigenvalue weighted by Crippen LogP contribution is -2.14. The van der Waals surface area contributed by atoms with Crippen LogP contribution in [0.15, 0.2) is 12.1 Å². The van der Waals surface area contributed by atoms with Crippen molar-refractivity contribution in [2.24, 2.45) is 12.8 Å². The quantitative estimate of drug-likeness (QED) is 0.860. The van der Waals surface area contributed by atoms with Gasteiger partial charge in [0, 0.05) is 7.05 Å².